The normalized spacial score (nSPS) is 9.94. The van der Waals surface area contributed by atoms with E-state index in [-0.39, 0.29) is 24.1 Å². The Morgan fingerprint density at radius 1 is 1.33 bits per heavy atom. The number of hydrogen-bond acceptors (Lipinski definition) is 2. The predicted octanol–water partition coefficient (Wildman–Crippen LogP) is 2.31. The van der Waals surface area contributed by atoms with Gasteiger partial charge >= 0.3 is 0 Å². The fraction of sp³-hybridized carbons (Fsp3) is 0.385. The summed E-state index contributed by atoms with van der Waals surface area (Å²) in [5.41, 5.74) is 2.09. The minimum absolute atomic E-state index is 0.148. The number of amides is 2. The molecule has 1 aromatic carbocycles. The average Bonchev–Trinajstić information content (AvgIpc) is 2.32. The number of nitrogens with one attached hydrogen (secondary N) is 2. The molecular formula is C13H17ClN2O2. The first-order valence-corrected chi connectivity index (χ1v) is 6.36. The SMILES string of the molecule is CCNC(=O)c1ccc(C)c(NC(=O)CCCl)c1. The molecule has 1 aromatic rings. The van der Waals surface area contributed by atoms with Crippen molar-refractivity contribution in [1.29, 1.82) is 0 Å². The number of anilines is 1. The number of carbonyl (C=O) groups is 2. The third-order valence-corrected chi connectivity index (χ3v) is 2.62. The summed E-state index contributed by atoms with van der Waals surface area (Å²) in [4.78, 5) is 23.2. The van der Waals surface area contributed by atoms with E-state index in [1.807, 2.05) is 13.8 Å². The molecule has 0 heterocycles. The van der Waals surface area contributed by atoms with Crippen molar-refractivity contribution in [2.24, 2.45) is 0 Å². The van der Waals surface area contributed by atoms with E-state index >= 15 is 0 Å². The Balaban J connectivity index is 2.87. The highest BCUT2D eigenvalue weighted by Crippen LogP contribution is 2.17. The average molecular weight is 269 g/mol. The van der Waals surface area contributed by atoms with Gasteiger partial charge in [0.15, 0.2) is 0 Å². The maximum absolute atomic E-state index is 11.7. The Morgan fingerprint density at radius 3 is 2.67 bits per heavy atom. The van der Waals surface area contributed by atoms with Gasteiger partial charge in [-0.05, 0) is 31.5 Å². The summed E-state index contributed by atoms with van der Waals surface area (Å²) in [5.74, 6) is -0.0209. The Bertz CT molecular complexity index is 447. The number of rotatable bonds is 5. The van der Waals surface area contributed by atoms with Gasteiger partial charge in [0, 0.05) is 30.1 Å². The highest BCUT2D eigenvalue weighted by molar-refractivity contribution is 6.19. The van der Waals surface area contributed by atoms with Crippen molar-refractivity contribution in [1.82, 2.24) is 5.32 Å². The van der Waals surface area contributed by atoms with Crippen LogP contribution < -0.4 is 10.6 Å². The van der Waals surface area contributed by atoms with E-state index in [1.54, 1.807) is 18.2 Å². The maximum Gasteiger partial charge on any atom is 0.251 e. The molecule has 0 spiro atoms. The fourth-order valence-electron chi connectivity index (χ4n) is 1.46. The zero-order chi connectivity index (χ0) is 13.5. The summed E-state index contributed by atoms with van der Waals surface area (Å²) in [7, 11) is 0. The van der Waals surface area contributed by atoms with Crippen molar-refractivity contribution in [2.75, 3.05) is 17.7 Å². The molecule has 0 aromatic heterocycles. The van der Waals surface area contributed by atoms with Crippen LogP contribution in [0.25, 0.3) is 0 Å². The third-order valence-electron chi connectivity index (χ3n) is 2.43. The maximum atomic E-state index is 11.7. The van der Waals surface area contributed by atoms with Gasteiger partial charge in [0.05, 0.1) is 0 Å². The fourth-order valence-corrected chi connectivity index (χ4v) is 1.63. The number of halogens is 1. The highest BCUT2D eigenvalue weighted by Gasteiger charge is 2.09. The second-order valence-corrected chi connectivity index (χ2v) is 4.25. The molecule has 4 nitrogen and oxygen atoms in total. The van der Waals surface area contributed by atoms with Crippen molar-refractivity contribution < 1.29 is 9.59 Å². The summed E-state index contributed by atoms with van der Waals surface area (Å²) in [5, 5.41) is 5.46. The second-order valence-electron chi connectivity index (χ2n) is 3.88. The monoisotopic (exact) mass is 268 g/mol. The van der Waals surface area contributed by atoms with Gasteiger partial charge < -0.3 is 10.6 Å². The highest BCUT2D eigenvalue weighted by atomic mass is 35.5. The van der Waals surface area contributed by atoms with E-state index in [1.165, 1.54) is 0 Å². The molecule has 0 fully saturated rings. The lowest BCUT2D eigenvalue weighted by atomic mass is 10.1. The topological polar surface area (TPSA) is 58.2 Å². The van der Waals surface area contributed by atoms with Crippen molar-refractivity contribution in [3.05, 3.63) is 29.3 Å². The number of carbonyl (C=O) groups excluding carboxylic acids is 2. The minimum Gasteiger partial charge on any atom is -0.352 e. The van der Waals surface area contributed by atoms with Gasteiger partial charge in [0.1, 0.15) is 0 Å². The molecule has 2 N–H and O–H groups in total. The van der Waals surface area contributed by atoms with E-state index in [0.717, 1.165) is 5.56 Å². The molecule has 0 radical (unpaired) electrons. The van der Waals surface area contributed by atoms with E-state index < -0.39 is 0 Å². The number of hydrogen-bond donors (Lipinski definition) is 2. The van der Waals surface area contributed by atoms with Crippen LogP contribution in [0.5, 0.6) is 0 Å². The lowest BCUT2D eigenvalue weighted by Gasteiger charge is -2.10. The molecule has 0 saturated heterocycles. The van der Waals surface area contributed by atoms with Crippen LogP contribution in [-0.2, 0) is 4.79 Å². The van der Waals surface area contributed by atoms with Gasteiger partial charge in [-0.2, -0.15) is 0 Å². The molecule has 18 heavy (non-hydrogen) atoms. The lowest BCUT2D eigenvalue weighted by molar-refractivity contribution is -0.115. The molecule has 0 aliphatic rings. The van der Waals surface area contributed by atoms with Crippen LogP contribution >= 0.6 is 11.6 Å². The second kappa shape index (κ2) is 7.01. The number of benzene rings is 1. The van der Waals surface area contributed by atoms with Gasteiger partial charge in [0.2, 0.25) is 5.91 Å². The first-order valence-electron chi connectivity index (χ1n) is 5.83. The summed E-state index contributed by atoms with van der Waals surface area (Å²) < 4.78 is 0. The van der Waals surface area contributed by atoms with Gasteiger partial charge in [-0.25, -0.2) is 0 Å². The van der Waals surface area contributed by atoms with Crippen LogP contribution in [-0.4, -0.2) is 24.2 Å². The summed E-state index contributed by atoms with van der Waals surface area (Å²) in [6.45, 7) is 4.30. The van der Waals surface area contributed by atoms with Crippen LogP contribution in [0.4, 0.5) is 5.69 Å². The predicted molar refractivity (Wildman–Crippen MR) is 73.2 cm³/mol. The van der Waals surface area contributed by atoms with Gasteiger partial charge in [-0.1, -0.05) is 6.07 Å². The minimum atomic E-state index is -0.152. The first-order chi connectivity index (χ1) is 8.58. The van der Waals surface area contributed by atoms with E-state index in [9.17, 15) is 9.59 Å². The van der Waals surface area contributed by atoms with Gasteiger partial charge in [-0.3, -0.25) is 9.59 Å². The Morgan fingerprint density at radius 2 is 2.06 bits per heavy atom. The van der Waals surface area contributed by atoms with Crippen molar-refractivity contribution in [2.45, 2.75) is 20.3 Å². The summed E-state index contributed by atoms with van der Waals surface area (Å²) in [6, 6.07) is 5.21. The summed E-state index contributed by atoms with van der Waals surface area (Å²) >= 11 is 5.50. The molecule has 0 saturated carbocycles. The lowest BCUT2D eigenvalue weighted by Crippen LogP contribution is -2.23. The Hall–Kier alpha value is -1.55. The molecule has 98 valence electrons. The van der Waals surface area contributed by atoms with Crippen molar-refractivity contribution >= 4 is 29.1 Å². The largest absolute Gasteiger partial charge is 0.352 e. The molecule has 0 aliphatic carbocycles. The third kappa shape index (κ3) is 4.04. The van der Waals surface area contributed by atoms with Crippen LogP contribution in [0, 0.1) is 6.92 Å². The van der Waals surface area contributed by atoms with Gasteiger partial charge in [-0.15, -0.1) is 11.6 Å². The van der Waals surface area contributed by atoms with Crippen LogP contribution in [0.15, 0.2) is 18.2 Å². The molecule has 0 bridgehead atoms. The quantitative estimate of drug-likeness (QED) is 0.805. The smallest absolute Gasteiger partial charge is 0.251 e. The zero-order valence-electron chi connectivity index (χ0n) is 10.5. The molecule has 0 atom stereocenters. The summed E-state index contributed by atoms with van der Waals surface area (Å²) in [6.07, 6.45) is 0.256. The van der Waals surface area contributed by atoms with E-state index in [0.29, 0.717) is 17.8 Å². The van der Waals surface area contributed by atoms with E-state index in [4.69, 9.17) is 11.6 Å². The van der Waals surface area contributed by atoms with Crippen LogP contribution in [0.3, 0.4) is 0 Å². The molecule has 5 heteroatoms. The number of aryl methyl sites for hydroxylation is 1. The molecule has 1 rings (SSSR count). The van der Waals surface area contributed by atoms with Crippen molar-refractivity contribution in [3.63, 3.8) is 0 Å². The molecule has 2 amide bonds. The van der Waals surface area contributed by atoms with Gasteiger partial charge in [0.25, 0.3) is 5.91 Å². The van der Waals surface area contributed by atoms with E-state index in [2.05, 4.69) is 10.6 Å². The Kier molecular flexibility index (Phi) is 5.65. The van der Waals surface area contributed by atoms with Crippen molar-refractivity contribution in [3.8, 4) is 0 Å². The molecule has 0 aliphatic heterocycles. The van der Waals surface area contributed by atoms with Crippen LogP contribution in [0.1, 0.15) is 29.3 Å². The molecule has 0 unspecified atom stereocenters. The van der Waals surface area contributed by atoms with Crippen LogP contribution in [0.2, 0.25) is 0 Å². The first kappa shape index (κ1) is 14.5. The number of alkyl halides is 1. The standard InChI is InChI=1S/C13H17ClN2O2/c1-3-15-13(18)10-5-4-9(2)11(8-10)16-12(17)6-7-14/h4-5,8H,3,6-7H2,1-2H3,(H,15,18)(H,16,17). The Labute approximate surface area is 112 Å². The molecular weight excluding hydrogens is 252 g/mol. The zero-order valence-corrected chi connectivity index (χ0v) is 11.3.